The average molecular weight is 228 g/mol. The highest BCUT2D eigenvalue weighted by atomic mass is 32.2. The molecule has 1 aromatic rings. The number of nitrogen functional groups attached to an aromatic ring is 1. The molecule has 1 aromatic carbocycles. The number of nitrogens with one attached hydrogen (secondary N) is 1. The fraction of sp³-hybridized carbons (Fsp3) is 0.400. The number of methoxy groups -OCH3 is 1. The highest BCUT2D eigenvalue weighted by molar-refractivity contribution is 7.84. The minimum atomic E-state index is -0.780. The van der Waals surface area contributed by atoms with Gasteiger partial charge >= 0.3 is 0 Å². The van der Waals surface area contributed by atoms with E-state index in [-0.39, 0.29) is 0 Å². The van der Waals surface area contributed by atoms with E-state index in [0.29, 0.717) is 18.0 Å². The van der Waals surface area contributed by atoms with E-state index < -0.39 is 10.8 Å². The molecule has 0 aromatic heterocycles. The van der Waals surface area contributed by atoms with Crippen LogP contribution in [0, 0.1) is 0 Å². The van der Waals surface area contributed by atoms with Crippen molar-refractivity contribution < 1.29 is 8.95 Å². The molecule has 1 rings (SSSR count). The van der Waals surface area contributed by atoms with Gasteiger partial charge in [0.25, 0.3) is 0 Å². The summed E-state index contributed by atoms with van der Waals surface area (Å²) in [7, 11) is 0.819. The summed E-state index contributed by atoms with van der Waals surface area (Å²) in [5.74, 6) is 1.35. The fourth-order valence-corrected chi connectivity index (χ4v) is 1.55. The molecule has 4 nitrogen and oxygen atoms in total. The summed E-state index contributed by atoms with van der Waals surface area (Å²) in [5.41, 5.74) is 7.28. The van der Waals surface area contributed by atoms with Crippen LogP contribution >= 0.6 is 0 Å². The highest BCUT2D eigenvalue weighted by Crippen LogP contribution is 2.23. The molecule has 1 atom stereocenters. The summed E-state index contributed by atoms with van der Waals surface area (Å²) < 4.78 is 15.9. The molecule has 15 heavy (non-hydrogen) atoms. The van der Waals surface area contributed by atoms with Crippen molar-refractivity contribution in [2.24, 2.45) is 0 Å². The quantitative estimate of drug-likeness (QED) is 0.740. The summed E-state index contributed by atoms with van der Waals surface area (Å²) in [6.45, 7) is 0.652. The second kappa shape index (κ2) is 5.60. The lowest BCUT2D eigenvalue weighted by Crippen LogP contribution is -2.11. The lowest BCUT2D eigenvalue weighted by Gasteiger charge is -2.09. The van der Waals surface area contributed by atoms with E-state index in [0.717, 1.165) is 11.4 Å². The van der Waals surface area contributed by atoms with Crippen molar-refractivity contribution in [2.75, 3.05) is 36.7 Å². The molecule has 5 heteroatoms. The van der Waals surface area contributed by atoms with Gasteiger partial charge in [-0.05, 0) is 12.1 Å². The van der Waals surface area contributed by atoms with Gasteiger partial charge in [0.05, 0.1) is 18.5 Å². The molecule has 0 radical (unpaired) electrons. The van der Waals surface area contributed by atoms with Gasteiger partial charge in [0, 0.05) is 35.4 Å². The normalized spacial score (nSPS) is 12.1. The number of anilines is 2. The van der Waals surface area contributed by atoms with E-state index >= 15 is 0 Å². The van der Waals surface area contributed by atoms with Crippen molar-refractivity contribution in [2.45, 2.75) is 0 Å². The number of hydrogen-bond acceptors (Lipinski definition) is 4. The monoisotopic (exact) mass is 228 g/mol. The zero-order valence-corrected chi connectivity index (χ0v) is 9.76. The Labute approximate surface area is 92.3 Å². The zero-order valence-electron chi connectivity index (χ0n) is 8.95. The van der Waals surface area contributed by atoms with Crippen LogP contribution in [-0.4, -0.2) is 29.9 Å². The third kappa shape index (κ3) is 3.79. The molecule has 0 amide bonds. The van der Waals surface area contributed by atoms with E-state index in [1.54, 1.807) is 19.4 Å². The van der Waals surface area contributed by atoms with Crippen LogP contribution in [0.15, 0.2) is 18.2 Å². The molecule has 0 heterocycles. The van der Waals surface area contributed by atoms with Crippen molar-refractivity contribution in [3.05, 3.63) is 18.2 Å². The van der Waals surface area contributed by atoms with E-state index in [1.807, 2.05) is 12.1 Å². The van der Waals surface area contributed by atoms with Gasteiger partial charge in [-0.3, -0.25) is 4.21 Å². The van der Waals surface area contributed by atoms with E-state index in [1.165, 1.54) is 0 Å². The van der Waals surface area contributed by atoms with Crippen molar-refractivity contribution >= 4 is 22.2 Å². The summed E-state index contributed by atoms with van der Waals surface area (Å²) in [6.07, 6.45) is 1.68. The van der Waals surface area contributed by atoms with Gasteiger partial charge in [0.2, 0.25) is 0 Å². The molecular weight excluding hydrogens is 212 g/mol. The lowest BCUT2D eigenvalue weighted by molar-refractivity contribution is 0.415. The zero-order chi connectivity index (χ0) is 11.3. The second-order valence-corrected chi connectivity index (χ2v) is 4.71. The van der Waals surface area contributed by atoms with E-state index in [4.69, 9.17) is 10.5 Å². The van der Waals surface area contributed by atoms with Gasteiger partial charge < -0.3 is 15.8 Å². The lowest BCUT2D eigenvalue weighted by atomic mass is 10.2. The summed E-state index contributed by atoms with van der Waals surface area (Å²) >= 11 is 0. The fourth-order valence-electron chi connectivity index (χ4n) is 1.16. The van der Waals surface area contributed by atoms with Crippen molar-refractivity contribution in [3.8, 4) is 5.75 Å². The van der Waals surface area contributed by atoms with Crippen LogP contribution in [0.4, 0.5) is 11.4 Å². The number of rotatable bonds is 5. The van der Waals surface area contributed by atoms with Crippen molar-refractivity contribution in [3.63, 3.8) is 0 Å². The standard InChI is InChI=1S/C10H16N2O2S/c1-14-8-3-4-10(9(11)7-8)12-5-6-15(2)13/h3-4,7,12H,5-6,11H2,1-2H3. The van der Waals surface area contributed by atoms with Crippen LogP contribution in [0.5, 0.6) is 5.75 Å². The van der Waals surface area contributed by atoms with Gasteiger partial charge in [0.15, 0.2) is 0 Å². The third-order valence-corrected chi connectivity index (χ3v) is 2.74. The van der Waals surface area contributed by atoms with Crippen molar-refractivity contribution in [1.82, 2.24) is 0 Å². The Morgan fingerprint density at radius 2 is 2.27 bits per heavy atom. The summed E-state index contributed by atoms with van der Waals surface area (Å²) in [6, 6.07) is 5.44. The minimum Gasteiger partial charge on any atom is -0.497 e. The van der Waals surface area contributed by atoms with Gasteiger partial charge in [-0.2, -0.15) is 0 Å². The molecule has 0 fully saturated rings. The van der Waals surface area contributed by atoms with E-state index in [9.17, 15) is 4.21 Å². The van der Waals surface area contributed by atoms with Crippen LogP contribution in [0.25, 0.3) is 0 Å². The van der Waals surface area contributed by atoms with Gasteiger partial charge in [0.1, 0.15) is 5.75 Å². The molecule has 0 aliphatic carbocycles. The first-order chi connectivity index (χ1) is 7.13. The topological polar surface area (TPSA) is 64.3 Å². The first kappa shape index (κ1) is 11.8. The largest absolute Gasteiger partial charge is 0.497 e. The maximum atomic E-state index is 10.8. The number of nitrogens with two attached hydrogens (primary N) is 1. The Morgan fingerprint density at radius 1 is 1.53 bits per heavy atom. The Morgan fingerprint density at radius 3 is 2.80 bits per heavy atom. The van der Waals surface area contributed by atoms with Crippen LogP contribution in [0.2, 0.25) is 0 Å². The molecular formula is C10H16N2O2S. The Hall–Kier alpha value is -1.23. The number of benzene rings is 1. The molecule has 84 valence electrons. The second-order valence-electron chi connectivity index (χ2n) is 3.16. The molecule has 0 bridgehead atoms. The Bertz CT molecular complexity index is 355. The maximum absolute atomic E-state index is 10.8. The van der Waals surface area contributed by atoms with Crippen molar-refractivity contribution in [1.29, 1.82) is 0 Å². The molecule has 0 saturated carbocycles. The Kier molecular flexibility index (Phi) is 4.42. The van der Waals surface area contributed by atoms with Gasteiger partial charge in [-0.15, -0.1) is 0 Å². The first-order valence-corrected chi connectivity index (χ1v) is 6.33. The molecule has 0 spiro atoms. The predicted octanol–water partition coefficient (Wildman–Crippen LogP) is 1.07. The van der Waals surface area contributed by atoms with Crippen LogP contribution in [-0.2, 0) is 10.8 Å². The van der Waals surface area contributed by atoms with Gasteiger partial charge in [-0.1, -0.05) is 0 Å². The SMILES string of the molecule is COc1ccc(NCCS(C)=O)c(N)c1. The highest BCUT2D eigenvalue weighted by Gasteiger charge is 2.00. The molecule has 3 N–H and O–H groups in total. The van der Waals surface area contributed by atoms with Gasteiger partial charge in [-0.25, -0.2) is 0 Å². The average Bonchev–Trinajstić information content (AvgIpc) is 2.20. The summed E-state index contributed by atoms with van der Waals surface area (Å²) in [5, 5.41) is 3.12. The molecule has 1 unspecified atom stereocenters. The first-order valence-electron chi connectivity index (χ1n) is 4.61. The summed E-state index contributed by atoms with van der Waals surface area (Å²) in [4.78, 5) is 0. The van der Waals surface area contributed by atoms with E-state index in [2.05, 4.69) is 5.32 Å². The van der Waals surface area contributed by atoms with Crippen LogP contribution in [0.3, 0.4) is 0 Å². The predicted molar refractivity (Wildman–Crippen MR) is 64.8 cm³/mol. The minimum absolute atomic E-state index is 0.617. The Balaban J connectivity index is 2.58. The van der Waals surface area contributed by atoms with Crippen LogP contribution in [0.1, 0.15) is 0 Å². The molecule has 0 aliphatic rings. The maximum Gasteiger partial charge on any atom is 0.121 e. The smallest absolute Gasteiger partial charge is 0.121 e. The van der Waals surface area contributed by atoms with Crippen LogP contribution < -0.4 is 15.8 Å². The third-order valence-electron chi connectivity index (χ3n) is 1.96. The molecule has 0 saturated heterocycles. The molecule has 0 aliphatic heterocycles. The number of hydrogen-bond donors (Lipinski definition) is 2. The number of ether oxygens (including phenoxy) is 1.